The Morgan fingerprint density at radius 3 is 1.06 bits per heavy atom. The molecule has 0 unspecified atom stereocenters. The summed E-state index contributed by atoms with van der Waals surface area (Å²) in [5.74, 6) is 3.67. The third-order valence-corrected chi connectivity index (χ3v) is 13.8. The Balaban J connectivity index is 0.000000606. The second-order valence-corrected chi connectivity index (χ2v) is 22.7. The monoisotopic (exact) mass is 1360 g/mol. The molecule has 0 spiro atoms. The Hall–Kier alpha value is -9.88. The summed E-state index contributed by atoms with van der Waals surface area (Å²) in [5, 5.41) is 13.9. The van der Waals surface area contributed by atoms with Gasteiger partial charge in [-0.3, -0.25) is 61.5 Å². The van der Waals surface area contributed by atoms with Crippen molar-refractivity contribution in [1.82, 2.24) is 56.5 Å². The first-order valence-corrected chi connectivity index (χ1v) is 34.6. The van der Waals surface area contributed by atoms with E-state index in [1.54, 1.807) is 60.4 Å². The van der Waals surface area contributed by atoms with Crippen molar-refractivity contribution in [2.24, 2.45) is 107 Å². The molecule has 538 valence electrons. The second-order valence-electron chi connectivity index (χ2n) is 21.7. The van der Waals surface area contributed by atoms with Crippen LogP contribution in [-0.2, 0) is 32.7 Å². The van der Waals surface area contributed by atoms with E-state index >= 15 is 0 Å². The molecule has 0 saturated heterocycles. The van der Waals surface area contributed by atoms with Gasteiger partial charge in [-0.15, -0.1) is 11.3 Å². The molecule has 4 aromatic heterocycles. The lowest BCUT2D eigenvalue weighted by Crippen LogP contribution is -2.41. The average molecular weight is 1360 g/mol. The zero-order valence-corrected chi connectivity index (χ0v) is 59.1. The van der Waals surface area contributed by atoms with Gasteiger partial charge in [0.15, 0.2) is 59.6 Å². The lowest BCUT2D eigenvalue weighted by molar-refractivity contribution is 0.674. The largest absolute Gasteiger partial charge is 0.370 e. The molecule has 0 fully saturated rings. The van der Waals surface area contributed by atoms with Crippen molar-refractivity contribution < 1.29 is 0 Å². The second kappa shape index (κ2) is 59.8. The Bertz CT molecular complexity index is 2700. The maximum Gasteiger partial charge on any atom is 0.195 e. The van der Waals surface area contributed by atoms with Crippen LogP contribution in [0.25, 0.3) is 0 Å². The minimum absolute atomic E-state index is 0.242. The number of guanidine groups is 10. The lowest BCUT2D eigenvalue weighted by atomic mass is 10.2. The van der Waals surface area contributed by atoms with Gasteiger partial charge in [0.2, 0.25) is 0 Å². The summed E-state index contributed by atoms with van der Waals surface area (Å²) in [6.07, 6.45) is 35.3. The van der Waals surface area contributed by atoms with Crippen LogP contribution in [0, 0.1) is 0 Å². The normalized spacial score (nSPS) is 12.6. The van der Waals surface area contributed by atoms with Crippen LogP contribution in [0.5, 0.6) is 0 Å². The van der Waals surface area contributed by atoms with Gasteiger partial charge in [-0.2, -0.15) is 0 Å². The fourth-order valence-corrected chi connectivity index (χ4v) is 8.25. The van der Waals surface area contributed by atoms with Crippen molar-refractivity contribution in [3.63, 3.8) is 0 Å². The van der Waals surface area contributed by atoms with E-state index in [9.17, 15) is 0 Å². The van der Waals surface area contributed by atoms with Crippen LogP contribution >= 0.6 is 11.3 Å². The van der Waals surface area contributed by atoms with Crippen molar-refractivity contribution in [2.45, 2.75) is 196 Å². The highest BCUT2D eigenvalue weighted by molar-refractivity contribution is 7.09. The number of nitrogens with one attached hydrogen (secondary N) is 7. The van der Waals surface area contributed by atoms with E-state index in [1.807, 2.05) is 42.5 Å². The highest BCUT2D eigenvalue weighted by Gasteiger charge is 2.02. The predicted octanol–water partition coefficient (Wildman–Crippen LogP) is 6.23. The molecule has 0 aliphatic carbocycles. The molecular weight excluding hydrogens is 1250 g/mol. The molecule has 0 aliphatic heterocycles. The number of nitrogens with two attached hydrogens (primary N) is 10. The van der Waals surface area contributed by atoms with E-state index in [4.69, 9.17) is 57.3 Å². The SMILES string of the molecule is CCCCCCN=C(N)NC(N)=NCc1ccccc1.CCCCCCN=C(N)NC(N)=NCc1ccncc1.CCCCCCN=C(N)NC(N)=NCc1cnc[nH]1.CCCCCCN=C(N)NC(N)=NCc1cncs1.CCCCCCN=C(N)NC(N)=NCc1ncc[nH]1. The molecule has 0 aliphatic rings. The van der Waals surface area contributed by atoms with Gasteiger partial charge in [-0.25, -0.2) is 34.9 Å². The van der Waals surface area contributed by atoms with Gasteiger partial charge in [-0.1, -0.05) is 161 Å². The summed E-state index contributed by atoms with van der Waals surface area (Å²) in [4.78, 5) is 64.5. The molecule has 0 radical (unpaired) electrons. The van der Waals surface area contributed by atoms with Crippen LogP contribution in [0.2, 0.25) is 0 Å². The van der Waals surface area contributed by atoms with E-state index in [2.05, 4.69) is 141 Å². The number of hydrogen-bond acceptors (Lipinski definition) is 15. The molecule has 31 nitrogen and oxygen atoms in total. The maximum absolute atomic E-state index is 5.75. The highest BCUT2D eigenvalue weighted by atomic mass is 32.1. The van der Waals surface area contributed by atoms with E-state index < -0.39 is 0 Å². The number of nitrogens with zero attached hydrogens (tertiary/aromatic N) is 14. The number of thiazole rings is 1. The first-order chi connectivity index (χ1) is 47.1. The Kier molecular flexibility index (Phi) is 52.5. The zero-order chi connectivity index (χ0) is 71.0. The first-order valence-electron chi connectivity index (χ1n) is 33.7. The molecule has 97 heavy (non-hydrogen) atoms. The Morgan fingerprint density at radius 1 is 0.361 bits per heavy atom. The molecule has 0 amide bonds. The Morgan fingerprint density at radius 2 is 0.722 bits per heavy atom. The Labute approximate surface area is 579 Å². The van der Waals surface area contributed by atoms with Crippen LogP contribution in [0.3, 0.4) is 0 Å². The molecule has 27 N–H and O–H groups in total. The van der Waals surface area contributed by atoms with Gasteiger partial charge in [0.1, 0.15) is 12.4 Å². The summed E-state index contributed by atoms with van der Waals surface area (Å²) < 4.78 is 0. The number of rotatable bonds is 35. The number of imidazole rings is 2. The van der Waals surface area contributed by atoms with Crippen LogP contribution < -0.4 is 83.9 Å². The smallest absolute Gasteiger partial charge is 0.195 e. The highest BCUT2D eigenvalue weighted by Crippen LogP contribution is 2.07. The van der Waals surface area contributed by atoms with Gasteiger partial charge in [0, 0.05) is 74.8 Å². The van der Waals surface area contributed by atoms with Crippen molar-refractivity contribution in [3.05, 3.63) is 119 Å². The molecule has 0 bridgehead atoms. The summed E-state index contributed by atoms with van der Waals surface area (Å²) >= 11 is 1.54. The van der Waals surface area contributed by atoms with Crippen LogP contribution in [0.1, 0.15) is 191 Å². The summed E-state index contributed by atoms with van der Waals surface area (Å²) in [6, 6.07) is 13.7. The molecule has 5 rings (SSSR count). The first kappa shape index (κ1) is 85.1. The lowest BCUT2D eigenvalue weighted by Gasteiger charge is -2.05. The van der Waals surface area contributed by atoms with Gasteiger partial charge >= 0.3 is 0 Å². The van der Waals surface area contributed by atoms with Crippen LogP contribution in [-0.4, -0.2) is 122 Å². The van der Waals surface area contributed by atoms with Gasteiger partial charge in [0.05, 0.1) is 43.7 Å². The van der Waals surface area contributed by atoms with E-state index in [0.29, 0.717) is 81.6 Å². The molecule has 5 aromatic rings. The average Bonchev–Trinajstić information content (AvgIpc) is 4.21. The topological polar surface area (TPSA) is 527 Å². The minimum atomic E-state index is 0.242. The third kappa shape index (κ3) is 53.1. The van der Waals surface area contributed by atoms with Gasteiger partial charge < -0.3 is 67.3 Å². The number of aromatic amines is 2. The fraction of sp³-hybridized carbons (Fsp3) is 0.538. The molecule has 4 heterocycles. The van der Waals surface area contributed by atoms with Crippen LogP contribution in [0.4, 0.5) is 0 Å². The van der Waals surface area contributed by atoms with Gasteiger partial charge in [0.25, 0.3) is 0 Å². The third-order valence-electron chi connectivity index (χ3n) is 13.0. The maximum atomic E-state index is 5.75. The molecular formula is C65H117N31S. The molecule has 1 aromatic carbocycles. The summed E-state index contributed by atoms with van der Waals surface area (Å²) in [5.41, 5.74) is 61.9. The van der Waals surface area contributed by atoms with E-state index in [0.717, 1.165) is 79.3 Å². The van der Waals surface area contributed by atoms with Crippen molar-refractivity contribution >= 4 is 70.9 Å². The molecule has 0 saturated carbocycles. The number of hydrogen-bond donors (Lipinski definition) is 17. The number of benzene rings is 1. The number of H-pyrrole nitrogens is 2. The van der Waals surface area contributed by atoms with E-state index in [-0.39, 0.29) is 23.8 Å². The summed E-state index contributed by atoms with van der Waals surface area (Å²) in [6.45, 7) is 16.8. The van der Waals surface area contributed by atoms with Crippen molar-refractivity contribution in [1.29, 1.82) is 0 Å². The number of aliphatic imine (C=N–C) groups is 10. The fourth-order valence-electron chi connectivity index (χ4n) is 7.74. The van der Waals surface area contributed by atoms with Crippen molar-refractivity contribution in [2.75, 3.05) is 32.7 Å². The minimum Gasteiger partial charge on any atom is -0.370 e. The molecule has 32 heteroatoms. The predicted molar refractivity (Wildman–Crippen MR) is 405 cm³/mol. The summed E-state index contributed by atoms with van der Waals surface area (Å²) in [7, 11) is 0. The number of pyridine rings is 1. The quantitative estimate of drug-likeness (QED) is 0.0121. The number of aromatic nitrogens is 6. The zero-order valence-electron chi connectivity index (χ0n) is 58.3. The molecule has 0 atom stereocenters. The standard InChI is InChI=1S/C15H25N5.C14H24N6.2C12H23N7.C12H22N6S/c1-2-3-4-8-11-18-14(16)20-15(17)19-12-13-9-6-5-7-10-13;1-2-3-4-5-8-18-13(15)20-14(16)19-11-12-6-9-17-10-7-12;1-2-3-4-5-6-16-11(13)19-12(14)17-8-10-7-15-9-18-10;1-2-3-4-5-6-17-11(13)19-12(14)18-9-10-15-7-8-16-10;1-2-3-4-5-6-16-11(13)18-12(14)17-8-10-7-15-9-19-10/h5-7,9-10H,2-4,8,11-12H2,1H3,(H5,16,17,18,19,20);6-7,9-10H,2-5,8,11H2,1H3,(H5,15,16,18,19,20);7,9H,2-6,8H2,1H3,(H,15,18)(H5,13,14,16,17,19);7-8H,2-6,9H2,1H3,(H,15,16)(H5,13,14,17,18,19);7,9H,2-6,8H2,1H3,(H5,13,14,16,17,18). The van der Waals surface area contributed by atoms with Crippen molar-refractivity contribution in [3.8, 4) is 0 Å². The van der Waals surface area contributed by atoms with Crippen LogP contribution in [0.15, 0.2) is 141 Å². The number of unbranched alkanes of at least 4 members (excludes halogenated alkanes) is 15. The van der Waals surface area contributed by atoms with Gasteiger partial charge in [-0.05, 0) is 55.4 Å². The van der Waals surface area contributed by atoms with E-state index in [1.165, 1.54) is 96.3 Å².